The Balaban J connectivity index is 1.75. The number of piperidine rings is 1. The lowest BCUT2D eigenvalue weighted by Crippen LogP contribution is -2.62. The van der Waals surface area contributed by atoms with Gasteiger partial charge >= 0.3 is 0 Å². The molecule has 2 N–H and O–H groups in total. The van der Waals surface area contributed by atoms with Gasteiger partial charge in [0.2, 0.25) is 0 Å². The van der Waals surface area contributed by atoms with Crippen LogP contribution in [0, 0.1) is 5.92 Å². The summed E-state index contributed by atoms with van der Waals surface area (Å²) >= 11 is 0. The average Bonchev–Trinajstić information content (AvgIpc) is 2.92. The van der Waals surface area contributed by atoms with Crippen molar-refractivity contribution in [3.63, 3.8) is 0 Å². The maximum Gasteiger partial charge on any atom is 0.174 e. The number of hydrogen-bond donors (Lipinski definition) is 2. The van der Waals surface area contributed by atoms with Crippen LogP contribution in [0.3, 0.4) is 0 Å². The summed E-state index contributed by atoms with van der Waals surface area (Å²) in [6, 6.07) is 3.56. The Morgan fingerprint density at radius 3 is 3.08 bits per heavy atom. The van der Waals surface area contributed by atoms with E-state index in [1.165, 1.54) is 0 Å². The molecule has 4 aliphatic rings. The third-order valence-electron chi connectivity index (χ3n) is 6.86. The molecule has 4 bridgehead atoms. The zero-order valence-corrected chi connectivity index (χ0v) is 14.1. The summed E-state index contributed by atoms with van der Waals surface area (Å²) in [4.78, 5) is 15.0. The second-order valence-corrected chi connectivity index (χ2v) is 7.91. The van der Waals surface area contributed by atoms with E-state index in [-0.39, 0.29) is 29.4 Å². The number of phenolic OH excluding ortho intramolecular Hbond substituents is 1. The van der Waals surface area contributed by atoms with Gasteiger partial charge in [0.05, 0.1) is 5.60 Å². The fourth-order valence-electron chi connectivity index (χ4n) is 5.81. The van der Waals surface area contributed by atoms with Gasteiger partial charge in [-0.25, -0.2) is 0 Å². The van der Waals surface area contributed by atoms with Crippen LogP contribution >= 0.6 is 0 Å². The molecule has 1 aromatic rings. The monoisotopic (exact) mass is 341 g/mol. The molecule has 0 spiro atoms. The number of Topliss-reactive ketones (excluding diaryl/α,β-unsaturated/α-hetero) is 1. The van der Waals surface area contributed by atoms with Crippen molar-refractivity contribution >= 4 is 5.78 Å². The molecule has 0 amide bonds. The molecule has 1 saturated heterocycles. The fourth-order valence-corrected chi connectivity index (χ4v) is 5.81. The van der Waals surface area contributed by atoms with Crippen molar-refractivity contribution < 1.29 is 19.7 Å². The number of carbonyl (C=O) groups is 1. The van der Waals surface area contributed by atoms with Gasteiger partial charge in [-0.15, -0.1) is 6.58 Å². The van der Waals surface area contributed by atoms with Gasteiger partial charge in [0.15, 0.2) is 23.4 Å². The second-order valence-electron chi connectivity index (χ2n) is 7.91. The van der Waals surface area contributed by atoms with E-state index in [0.29, 0.717) is 25.0 Å². The number of carbonyl (C=O) groups excluding carboxylic acids is 1. The minimum atomic E-state index is -0.907. The van der Waals surface area contributed by atoms with Gasteiger partial charge in [-0.05, 0) is 37.4 Å². The van der Waals surface area contributed by atoms with Crippen molar-refractivity contribution in [1.29, 1.82) is 0 Å². The third kappa shape index (κ3) is 1.88. The Kier molecular flexibility index (Phi) is 3.13. The molecule has 5 atom stereocenters. The smallest absolute Gasteiger partial charge is 0.174 e. The van der Waals surface area contributed by atoms with Crippen LogP contribution in [-0.4, -0.2) is 51.7 Å². The molecule has 2 aliphatic heterocycles. The number of hydrogen-bond acceptors (Lipinski definition) is 5. The van der Waals surface area contributed by atoms with Crippen molar-refractivity contribution in [3.05, 3.63) is 35.9 Å². The van der Waals surface area contributed by atoms with E-state index in [1.54, 1.807) is 6.07 Å². The van der Waals surface area contributed by atoms with Crippen molar-refractivity contribution in [2.75, 3.05) is 13.1 Å². The van der Waals surface area contributed by atoms with Crippen molar-refractivity contribution in [1.82, 2.24) is 4.90 Å². The van der Waals surface area contributed by atoms with Gasteiger partial charge in [0, 0.05) is 36.4 Å². The number of rotatable bonds is 2. The molecule has 2 heterocycles. The second kappa shape index (κ2) is 5.08. The van der Waals surface area contributed by atoms with Crippen LogP contribution in [0.1, 0.15) is 36.3 Å². The van der Waals surface area contributed by atoms with Crippen molar-refractivity contribution in [3.8, 4) is 11.5 Å². The highest BCUT2D eigenvalue weighted by atomic mass is 16.5. The molecule has 2 aliphatic carbocycles. The zero-order chi connectivity index (χ0) is 17.3. The molecule has 1 unspecified atom stereocenters. The number of phenols is 1. The van der Waals surface area contributed by atoms with E-state index in [4.69, 9.17) is 4.74 Å². The van der Waals surface area contributed by atoms with E-state index in [1.807, 2.05) is 12.1 Å². The number of benzene rings is 1. The molecule has 1 aromatic carbocycles. The Morgan fingerprint density at radius 2 is 2.28 bits per heavy atom. The number of nitrogens with zero attached hydrogens (tertiary/aromatic N) is 1. The highest BCUT2D eigenvalue weighted by Gasteiger charge is 2.61. The van der Waals surface area contributed by atoms with Gasteiger partial charge in [0.25, 0.3) is 0 Å². The highest BCUT2D eigenvalue weighted by molar-refractivity contribution is 5.87. The molecule has 132 valence electrons. The largest absolute Gasteiger partial charge is 0.504 e. The van der Waals surface area contributed by atoms with Crippen LogP contribution in [0.4, 0.5) is 0 Å². The van der Waals surface area contributed by atoms with Gasteiger partial charge in [0.1, 0.15) is 0 Å². The van der Waals surface area contributed by atoms with Crippen LogP contribution in [0.2, 0.25) is 0 Å². The lowest BCUT2D eigenvalue weighted by atomic mass is 9.68. The van der Waals surface area contributed by atoms with E-state index in [2.05, 4.69) is 11.5 Å². The van der Waals surface area contributed by atoms with E-state index in [9.17, 15) is 15.0 Å². The summed E-state index contributed by atoms with van der Waals surface area (Å²) in [6.45, 7) is 5.48. The van der Waals surface area contributed by atoms with E-state index in [0.717, 1.165) is 30.6 Å². The standard InChI is InChI=1S/C20H23NO4/c1-2-8-21-9-6-12-17-16-11-3-4-13(22)18(16)25-19(17)14(23)5-7-20(12,24)15(21)10-11/h2-4,12,15,17,19,22,24H,1,5-10H2/t12-,15-,17?,19+,20+/m1/s1. The summed E-state index contributed by atoms with van der Waals surface area (Å²) in [7, 11) is 0. The zero-order valence-electron chi connectivity index (χ0n) is 14.1. The third-order valence-corrected chi connectivity index (χ3v) is 6.86. The Labute approximate surface area is 146 Å². The first-order valence-electron chi connectivity index (χ1n) is 9.16. The van der Waals surface area contributed by atoms with Crippen LogP contribution in [0.5, 0.6) is 11.5 Å². The predicted molar refractivity (Wildman–Crippen MR) is 91.8 cm³/mol. The van der Waals surface area contributed by atoms with Crippen LogP contribution in [0.15, 0.2) is 24.8 Å². The van der Waals surface area contributed by atoms with Crippen LogP contribution < -0.4 is 4.74 Å². The number of aliphatic hydroxyl groups is 1. The minimum Gasteiger partial charge on any atom is -0.504 e. The molecule has 2 fully saturated rings. The van der Waals surface area contributed by atoms with Crippen LogP contribution in [-0.2, 0) is 11.2 Å². The number of aromatic hydroxyl groups is 1. The average molecular weight is 341 g/mol. The summed E-state index contributed by atoms with van der Waals surface area (Å²) in [5, 5.41) is 22.1. The Bertz CT molecular complexity index is 775. The molecule has 0 radical (unpaired) electrons. The quantitative estimate of drug-likeness (QED) is 0.802. The summed E-state index contributed by atoms with van der Waals surface area (Å²) in [5.41, 5.74) is 1.15. The SMILES string of the molecule is C=CCN1CC[C@@H]2C3c4c5ccc(O)c4O[C@H]3C(=O)CC[C@@]2(O)[C@H]1C5. The molecule has 5 heteroatoms. The maximum absolute atomic E-state index is 12.7. The van der Waals surface area contributed by atoms with Crippen molar-refractivity contribution in [2.45, 2.75) is 49.3 Å². The predicted octanol–water partition coefficient (Wildman–Crippen LogP) is 1.76. The summed E-state index contributed by atoms with van der Waals surface area (Å²) in [6.07, 6.45) is 3.68. The first-order chi connectivity index (χ1) is 12.0. The maximum atomic E-state index is 12.7. The molecule has 5 rings (SSSR count). The fraction of sp³-hybridized carbons (Fsp3) is 0.550. The molecule has 5 nitrogen and oxygen atoms in total. The van der Waals surface area contributed by atoms with E-state index < -0.39 is 11.7 Å². The Morgan fingerprint density at radius 1 is 1.44 bits per heavy atom. The van der Waals surface area contributed by atoms with Gasteiger partial charge in [-0.2, -0.15) is 0 Å². The van der Waals surface area contributed by atoms with Crippen molar-refractivity contribution in [2.24, 2.45) is 5.92 Å². The van der Waals surface area contributed by atoms with E-state index >= 15 is 0 Å². The molecule has 25 heavy (non-hydrogen) atoms. The molecular weight excluding hydrogens is 318 g/mol. The lowest BCUT2D eigenvalue weighted by Gasteiger charge is -2.51. The Hall–Kier alpha value is -1.85. The molecular formula is C20H23NO4. The normalized spacial score (nSPS) is 38.7. The summed E-state index contributed by atoms with van der Waals surface area (Å²) in [5.74, 6) is 0.452. The number of ketones is 1. The lowest BCUT2D eigenvalue weighted by molar-refractivity contribution is -0.126. The number of ether oxygens (including phenoxy) is 1. The molecule has 0 aromatic heterocycles. The van der Waals surface area contributed by atoms with Gasteiger partial charge < -0.3 is 14.9 Å². The molecule has 1 saturated carbocycles. The first kappa shape index (κ1) is 15.4. The van der Waals surface area contributed by atoms with Gasteiger partial charge in [-0.3, -0.25) is 9.69 Å². The topological polar surface area (TPSA) is 70.0 Å². The minimum absolute atomic E-state index is 0.0145. The number of likely N-dealkylation sites (tertiary alicyclic amines) is 1. The first-order valence-corrected chi connectivity index (χ1v) is 9.16. The van der Waals surface area contributed by atoms with Crippen LogP contribution in [0.25, 0.3) is 0 Å². The van der Waals surface area contributed by atoms with Gasteiger partial charge in [-0.1, -0.05) is 12.1 Å². The highest BCUT2D eigenvalue weighted by Crippen LogP contribution is 2.59. The summed E-state index contributed by atoms with van der Waals surface area (Å²) < 4.78 is 5.97.